The maximum absolute atomic E-state index is 10.6. The normalized spacial score (nSPS) is 10.6. The Labute approximate surface area is 78.8 Å². The van der Waals surface area contributed by atoms with Gasteiger partial charge in [0.05, 0.1) is 6.61 Å². The van der Waals surface area contributed by atoms with Crippen molar-refractivity contribution in [3.8, 4) is 0 Å². The molecule has 0 fully saturated rings. The van der Waals surface area contributed by atoms with E-state index < -0.39 is 0 Å². The van der Waals surface area contributed by atoms with Gasteiger partial charge in [-0.15, -0.1) is 0 Å². The molecule has 0 aliphatic heterocycles. The van der Waals surface area contributed by atoms with Gasteiger partial charge in [-0.05, 0) is 18.5 Å². The summed E-state index contributed by atoms with van der Waals surface area (Å²) in [5, 5.41) is 0. The third-order valence-corrected chi connectivity index (χ3v) is 1.29. The van der Waals surface area contributed by atoms with Gasteiger partial charge in [0, 0.05) is 6.42 Å². The molecule has 1 N–H and O–H groups in total. The average molecular weight is 187 g/mol. The van der Waals surface area contributed by atoms with Crippen LogP contribution >= 0.6 is 0 Å². The number of carbonyl (C=O) groups is 1. The van der Waals surface area contributed by atoms with E-state index in [0.717, 1.165) is 12.8 Å². The van der Waals surface area contributed by atoms with Crippen LogP contribution in [0.15, 0.2) is 12.2 Å². The monoisotopic (exact) mass is 187 g/mol. The van der Waals surface area contributed by atoms with Crippen molar-refractivity contribution >= 4 is 5.97 Å². The van der Waals surface area contributed by atoms with Crippen LogP contribution < -0.4 is 5.64 Å². The first-order chi connectivity index (χ1) is 6.31. The van der Waals surface area contributed by atoms with E-state index in [-0.39, 0.29) is 5.97 Å². The van der Waals surface area contributed by atoms with Gasteiger partial charge in [0.25, 0.3) is 0 Å². The quantitative estimate of drug-likeness (QED) is 0.374. The summed E-state index contributed by atoms with van der Waals surface area (Å²) >= 11 is 0. The van der Waals surface area contributed by atoms with E-state index in [9.17, 15) is 4.79 Å². The predicted molar refractivity (Wildman–Crippen MR) is 49.5 cm³/mol. The molecule has 76 valence electrons. The average Bonchev–Trinajstić information content (AvgIpc) is 2.16. The minimum absolute atomic E-state index is 0.330. The van der Waals surface area contributed by atoms with Crippen molar-refractivity contribution in [2.75, 3.05) is 6.61 Å². The molecule has 0 saturated carbocycles. The molecule has 0 aromatic rings. The second-order valence-corrected chi connectivity index (χ2v) is 2.43. The molecular weight excluding hydrogens is 170 g/mol. The molecule has 0 amide bonds. The van der Waals surface area contributed by atoms with Gasteiger partial charge in [-0.3, -0.25) is 9.63 Å². The lowest BCUT2D eigenvalue weighted by Crippen LogP contribution is -2.20. The van der Waals surface area contributed by atoms with Crippen LogP contribution in [-0.2, 0) is 14.5 Å². The minimum Gasteiger partial charge on any atom is -0.345 e. The second kappa shape index (κ2) is 9.22. The summed E-state index contributed by atoms with van der Waals surface area (Å²) in [7, 11) is 0. The number of allylic oxidation sites excluding steroid dienone is 1. The molecule has 0 atom stereocenters. The number of hydrogen-bond donors (Lipinski definition) is 1. The lowest BCUT2D eigenvalue weighted by Gasteiger charge is -2.02. The molecule has 0 heterocycles. The first kappa shape index (κ1) is 12.1. The standard InChI is InChI=1S/C9H17NO3/c1-3-5-6-7-8-12-10-13-9(11)4-2/h5-6,10H,3-4,7-8H2,1-2H3/b6-5-. The number of nitrogens with one attached hydrogen (secondary N) is 1. The maximum atomic E-state index is 10.6. The molecule has 4 nitrogen and oxygen atoms in total. The lowest BCUT2D eigenvalue weighted by molar-refractivity contribution is -0.191. The molecule has 0 bridgehead atoms. The van der Waals surface area contributed by atoms with Crippen molar-refractivity contribution in [2.24, 2.45) is 0 Å². The Morgan fingerprint density at radius 1 is 1.38 bits per heavy atom. The molecule has 0 aliphatic carbocycles. The molecule has 4 heteroatoms. The Kier molecular flexibility index (Phi) is 8.60. The minimum atomic E-state index is -0.330. The van der Waals surface area contributed by atoms with Crippen LogP contribution in [0.25, 0.3) is 0 Å². The van der Waals surface area contributed by atoms with Crippen molar-refractivity contribution in [3.05, 3.63) is 12.2 Å². The maximum Gasteiger partial charge on any atom is 0.327 e. The van der Waals surface area contributed by atoms with Crippen molar-refractivity contribution in [2.45, 2.75) is 33.1 Å². The molecule has 0 unspecified atom stereocenters. The predicted octanol–water partition coefficient (Wildman–Crippen LogP) is 1.73. The van der Waals surface area contributed by atoms with Gasteiger partial charge in [0.1, 0.15) is 0 Å². The summed E-state index contributed by atoms with van der Waals surface area (Å²) in [4.78, 5) is 19.8. The zero-order valence-corrected chi connectivity index (χ0v) is 8.21. The van der Waals surface area contributed by atoms with Crippen LogP contribution in [0.2, 0.25) is 0 Å². The van der Waals surface area contributed by atoms with Crippen LogP contribution in [0.1, 0.15) is 33.1 Å². The number of rotatable bonds is 7. The summed E-state index contributed by atoms with van der Waals surface area (Å²) in [6, 6.07) is 0. The fourth-order valence-corrected chi connectivity index (χ4v) is 0.601. The van der Waals surface area contributed by atoms with E-state index >= 15 is 0 Å². The third-order valence-electron chi connectivity index (χ3n) is 1.29. The molecular formula is C9H17NO3. The third kappa shape index (κ3) is 9.04. The fourth-order valence-electron chi connectivity index (χ4n) is 0.601. The molecule has 0 aromatic carbocycles. The van der Waals surface area contributed by atoms with Crippen LogP contribution in [-0.4, -0.2) is 12.6 Å². The first-order valence-electron chi connectivity index (χ1n) is 4.52. The van der Waals surface area contributed by atoms with Crippen LogP contribution in [0.5, 0.6) is 0 Å². The molecule has 13 heavy (non-hydrogen) atoms. The summed E-state index contributed by atoms with van der Waals surface area (Å²) in [6.45, 7) is 4.28. The van der Waals surface area contributed by atoms with Gasteiger partial charge >= 0.3 is 5.97 Å². The van der Waals surface area contributed by atoms with E-state index in [4.69, 9.17) is 4.84 Å². The highest BCUT2D eigenvalue weighted by Gasteiger charge is 1.95. The summed E-state index contributed by atoms with van der Waals surface area (Å²) in [5.41, 5.74) is 2.13. The Morgan fingerprint density at radius 3 is 2.77 bits per heavy atom. The molecule has 0 radical (unpaired) electrons. The summed E-state index contributed by atoms with van der Waals surface area (Å²) in [6.07, 6.45) is 6.25. The molecule has 0 spiro atoms. The smallest absolute Gasteiger partial charge is 0.327 e. The Hall–Kier alpha value is -0.870. The SMILES string of the molecule is CC/C=C\CCONOC(=O)CC. The Balaban J connectivity index is 3.08. The fraction of sp³-hybridized carbons (Fsp3) is 0.667. The van der Waals surface area contributed by atoms with E-state index in [1.165, 1.54) is 0 Å². The molecule has 0 aromatic heterocycles. The highest BCUT2D eigenvalue weighted by Crippen LogP contribution is 1.86. The summed E-state index contributed by atoms with van der Waals surface area (Å²) < 4.78 is 0. The van der Waals surface area contributed by atoms with E-state index in [2.05, 4.69) is 23.5 Å². The largest absolute Gasteiger partial charge is 0.345 e. The van der Waals surface area contributed by atoms with Crippen LogP contribution in [0, 0.1) is 0 Å². The number of hydrogen-bond acceptors (Lipinski definition) is 4. The van der Waals surface area contributed by atoms with Crippen molar-refractivity contribution < 1.29 is 14.5 Å². The highest BCUT2D eigenvalue weighted by atomic mass is 16.9. The van der Waals surface area contributed by atoms with Gasteiger partial charge in [-0.2, -0.15) is 0 Å². The summed E-state index contributed by atoms with van der Waals surface area (Å²) in [5.74, 6) is -0.330. The van der Waals surface area contributed by atoms with Gasteiger partial charge in [-0.25, -0.2) is 0 Å². The Morgan fingerprint density at radius 2 is 2.15 bits per heavy atom. The van der Waals surface area contributed by atoms with Crippen molar-refractivity contribution in [3.63, 3.8) is 0 Å². The lowest BCUT2D eigenvalue weighted by atomic mass is 10.3. The van der Waals surface area contributed by atoms with Gasteiger partial charge in [-0.1, -0.05) is 26.0 Å². The van der Waals surface area contributed by atoms with E-state index in [0.29, 0.717) is 13.0 Å². The van der Waals surface area contributed by atoms with Gasteiger partial charge in [0.15, 0.2) is 0 Å². The van der Waals surface area contributed by atoms with Gasteiger partial charge in [0.2, 0.25) is 0 Å². The molecule has 0 aliphatic rings. The zero-order valence-electron chi connectivity index (χ0n) is 8.21. The van der Waals surface area contributed by atoms with Crippen molar-refractivity contribution in [1.29, 1.82) is 0 Å². The topological polar surface area (TPSA) is 47.6 Å². The van der Waals surface area contributed by atoms with Gasteiger partial charge < -0.3 is 4.84 Å². The van der Waals surface area contributed by atoms with E-state index in [1.54, 1.807) is 6.92 Å². The van der Waals surface area contributed by atoms with Crippen LogP contribution in [0.3, 0.4) is 0 Å². The molecule has 0 rings (SSSR count). The second-order valence-electron chi connectivity index (χ2n) is 2.43. The van der Waals surface area contributed by atoms with E-state index in [1.807, 2.05) is 6.08 Å². The highest BCUT2D eigenvalue weighted by molar-refractivity contribution is 5.68. The number of carbonyl (C=O) groups excluding carboxylic acids is 1. The molecule has 0 saturated heterocycles. The Bertz CT molecular complexity index is 157. The van der Waals surface area contributed by atoms with Crippen LogP contribution in [0.4, 0.5) is 0 Å². The zero-order chi connectivity index (χ0) is 9.94. The van der Waals surface area contributed by atoms with Crippen molar-refractivity contribution in [1.82, 2.24) is 5.64 Å². The first-order valence-corrected chi connectivity index (χ1v) is 4.52.